The molecule has 1 unspecified atom stereocenters. The molecule has 0 bridgehead atoms. The zero-order chi connectivity index (χ0) is 15.8. The molecule has 0 aliphatic heterocycles. The van der Waals surface area contributed by atoms with Crippen LogP contribution in [0.15, 0.2) is 54.6 Å². The van der Waals surface area contributed by atoms with E-state index in [9.17, 15) is 4.79 Å². The minimum absolute atomic E-state index is 0.0927. The average molecular weight is 298 g/mol. The van der Waals surface area contributed by atoms with Gasteiger partial charge in [-0.15, -0.1) is 0 Å². The minimum atomic E-state index is -0.298. The van der Waals surface area contributed by atoms with Gasteiger partial charge in [-0.25, -0.2) is 0 Å². The second-order valence-electron chi connectivity index (χ2n) is 5.11. The number of carbonyl (C=O) groups excluding carboxylic acids is 1. The summed E-state index contributed by atoms with van der Waals surface area (Å²) in [6.45, 7) is 3.17. The van der Waals surface area contributed by atoms with Gasteiger partial charge in [0.05, 0.1) is 6.61 Å². The summed E-state index contributed by atoms with van der Waals surface area (Å²) in [5.74, 6) is -0.0927. The lowest BCUT2D eigenvalue weighted by Gasteiger charge is -2.12. The summed E-state index contributed by atoms with van der Waals surface area (Å²) in [4.78, 5) is 12.1. The number of ether oxygens (including phenoxy) is 1. The molecule has 0 saturated heterocycles. The van der Waals surface area contributed by atoms with Crippen molar-refractivity contribution in [2.24, 2.45) is 5.73 Å². The van der Waals surface area contributed by atoms with Crippen molar-refractivity contribution >= 4 is 11.6 Å². The average Bonchev–Trinajstić information content (AvgIpc) is 2.54. The Morgan fingerprint density at radius 1 is 1.18 bits per heavy atom. The monoisotopic (exact) mass is 298 g/mol. The first-order chi connectivity index (χ1) is 10.7. The van der Waals surface area contributed by atoms with Crippen molar-refractivity contribution in [3.8, 4) is 0 Å². The summed E-state index contributed by atoms with van der Waals surface area (Å²) >= 11 is 0. The van der Waals surface area contributed by atoms with Crippen molar-refractivity contribution in [1.29, 1.82) is 0 Å². The van der Waals surface area contributed by atoms with Crippen LogP contribution in [0.1, 0.15) is 30.5 Å². The summed E-state index contributed by atoms with van der Waals surface area (Å²) in [6.07, 6.45) is 0.250. The zero-order valence-corrected chi connectivity index (χ0v) is 12.8. The van der Waals surface area contributed by atoms with Crippen molar-refractivity contribution in [3.63, 3.8) is 0 Å². The Balaban J connectivity index is 1.91. The number of amides is 1. The molecule has 22 heavy (non-hydrogen) atoms. The SMILES string of the molecule is CCOCc1cccc(NC(=O)CC(N)c2ccccc2)c1. The standard InChI is InChI=1S/C18H22N2O2/c1-2-22-13-14-7-6-10-16(11-14)20-18(21)12-17(19)15-8-4-3-5-9-15/h3-11,17H,2,12-13,19H2,1H3,(H,20,21). The lowest BCUT2D eigenvalue weighted by Crippen LogP contribution is -2.20. The van der Waals surface area contributed by atoms with E-state index in [1.54, 1.807) is 0 Å². The van der Waals surface area contributed by atoms with Gasteiger partial charge in [-0.1, -0.05) is 42.5 Å². The van der Waals surface area contributed by atoms with Crippen LogP contribution in [-0.2, 0) is 16.1 Å². The van der Waals surface area contributed by atoms with E-state index < -0.39 is 0 Å². The smallest absolute Gasteiger partial charge is 0.226 e. The maximum atomic E-state index is 12.1. The van der Waals surface area contributed by atoms with Gasteiger partial charge in [0.1, 0.15) is 0 Å². The predicted molar refractivity (Wildman–Crippen MR) is 88.4 cm³/mol. The molecule has 4 nitrogen and oxygen atoms in total. The molecule has 116 valence electrons. The van der Waals surface area contributed by atoms with Crippen LogP contribution in [0.25, 0.3) is 0 Å². The predicted octanol–water partition coefficient (Wildman–Crippen LogP) is 3.25. The van der Waals surface area contributed by atoms with Crippen LogP contribution in [0.3, 0.4) is 0 Å². The molecular formula is C18H22N2O2. The van der Waals surface area contributed by atoms with E-state index in [0.29, 0.717) is 13.2 Å². The highest BCUT2D eigenvalue weighted by atomic mass is 16.5. The number of anilines is 1. The van der Waals surface area contributed by atoms with Crippen LogP contribution in [0.4, 0.5) is 5.69 Å². The van der Waals surface area contributed by atoms with Crippen molar-refractivity contribution in [1.82, 2.24) is 0 Å². The number of hydrogen-bond donors (Lipinski definition) is 2. The van der Waals surface area contributed by atoms with E-state index in [1.807, 2.05) is 61.5 Å². The van der Waals surface area contributed by atoms with Crippen LogP contribution in [0, 0.1) is 0 Å². The Morgan fingerprint density at radius 2 is 1.95 bits per heavy atom. The number of nitrogens with two attached hydrogens (primary N) is 1. The number of benzene rings is 2. The Bertz CT molecular complexity index is 599. The van der Waals surface area contributed by atoms with Crippen LogP contribution in [0.2, 0.25) is 0 Å². The van der Waals surface area contributed by atoms with E-state index in [0.717, 1.165) is 16.8 Å². The van der Waals surface area contributed by atoms with E-state index in [2.05, 4.69) is 5.32 Å². The molecule has 0 fully saturated rings. The fourth-order valence-corrected chi connectivity index (χ4v) is 2.19. The summed E-state index contributed by atoms with van der Waals surface area (Å²) in [5.41, 5.74) is 8.83. The van der Waals surface area contributed by atoms with Crippen molar-refractivity contribution in [3.05, 3.63) is 65.7 Å². The van der Waals surface area contributed by atoms with Crippen LogP contribution >= 0.6 is 0 Å². The Labute approximate surface area is 131 Å². The van der Waals surface area contributed by atoms with E-state index >= 15 is 0 Å². The Kier molecular flexibility index (Phi) is 6.13. The summed E-state index contributed by atoms with van der Waals surface area (Å²) in [5, 5.41) is 2.88. The van der Waals surface area contributed by atoms with Gasteiger partial charge in [-0.05, 0) is 30.2 Å². The number of carbonyl (C=O) groups is 1. The van der Waals surface area contributed by atoms with Crippen LogP contribution < -0.4 is 11.1 Å². The highest BCUT2D eigenvalue weighted by Gasteiger charge is 2.11. The lowest BCUT2D eigenvalue weighted by molar-refractivity contribution is -0.116. The highest BCUT2D eigenvalue weighted by molar-refractivity contribution is 5.91. The van der Waals surface area contributed by atoms with Gasteiger partial charge < -0.3 is 15.8 Å². The summed E-state index contributed by atoms with van der Waals surface area (Å²) in [6, 6.07) is 17.0. The first kappa shape index (κ1) is 16.2. The number of hydrogen-bond acceptors (Lipinski definition) is 3. The van der Waals surface area contributed by atoms with Gasteiger partial charge >= 0.3 is 0 Å². The first-order valence-electron chi connectivity index (χ1n) is 7.46. The lowest BCUT2D eigenvalue weighted by atomic mass is 10.0. The molecule has 0 radical (unpaired) electrons. The van der Waals surface area contributed by atoms with Gasteiger partial charge in [0.15, 0.2) is 0 Å². The third-order valence-corrected chi connectivity index (χ3v) is 3.32. The molecule has 0 heterocycles. The molecule has 2 aromatic carbocycles. The third-order valence-electron chi connectivity index (χ3n) is 3.32. The second kappa shape index (κ2) is 8.32. The topological polar surface area (TPSA) is 64.3 Å². The second-order valence-corrected chi connectivity index (χ2v) is 5.11. The molecule has 1 atom stereocenters. The minimum Gasteiger partial charge on any atom is -0.377 e. The van der Waals surface area contributed by atoms with Gasteiger partial charge in [0.25, 0.3) is 0 Å². The fraction of sp³-hybridized carbons (Fsp3) is 0.278. The summed E-state index contributed by atoms with van der Waals surface area (Å²) < 4.78 is 5.37. The maximum absolute atomic E-state index is 12.1. The van der Waals surface area contributed by atoms with E-state index in [1.165, 1.54) is 0 Å². The molecule has 0 aliphatic carbocycles. The Hall–Kier alpha value is -2.17. The largest absolute Gasteiger partial charge is 0.377 e. The molecule has 1 amide bonds. The molecule has 0 aliphatic rings. The number of rotatable bonds is 7. The summed E-state index contributed by atoms with van der Waals surface area (Å²) in [7, 11) is 0. The van der Waals surface area contributed by atoms with E-state index in [-0.39, 0.29) is 18.4 Å². The first-order valence-corrected chi connectivity index (χ1v) is 7.46. The van der Waals surface area contributed by atoms with Crippen molar-refractivity contribution < 1.29 is 9.53 Å². The quantitative estimate of drug-likeness (QED) is 0.824. The Morgan fingerprint density at radius 3 is 2.68 bits per heavy atom. The third kappa shape index (κ3) is 4.98. The normalized spacial score (nSPS) is 11.9. The zero-order valence-electron chi connectivity index (χ0n) is 12.8. The van der Waals surface area contributed by atoms with Gasteiger partial charge in [-0.2, -0.15) is 0 Å². The van der Waals surface area contributed by atoms with Crippen LogP contribution in [0.5, 0.6) is 0 Å². The maximum Gasteiger partial charge on any atom is 0.226 e. The van der Waals surface area contributed by atoms with Crippen molar-refractivity contribution in [2.45, 2.75) is 26.0 Å². The highest BCUT2D eigenvalue weighted by Crippen LogP contribution is 2.16. The molecule has 2 rings (SSSR count). The van der Waals surface area contributed by atoms with Gasteiger partial charge in [0.2, 0.25) is 5.91 Å². The fourth-order valence-electron chi connectivity index (χ4n) is 2.19. The van der Waals surface area contributed by atoms with E-state index in [4.69, 9.17) is 10.5 Å². The van der Waals surface area contributed by atoms with Crippen LogP contribution in [-0.4, -0.2) is 12.5 Å². The molecule has 4 heteroatoms. The molecule has 3 N–H and O–H groups in total. The molecule has 0 aromatic heterocycles. The number of nitrogens with one attached hydrogen (secondary N) is 1. The van der Waals surface area contributed by atoms with Crippen molar-refractivity contribution in [2.75, 3.05) is 11.9 Å². The molecule has 0 spiro atoms. The molecular weight excluding hydrogens is 276 g/mol. The molecule has 2 aromatic rings. The van der Waals surface area contributed by atoms with Gasteiger partial charge in [0, 0.05) is 24.8 Å². The van der Waals surface area contributed by atoms with Gasteiger partial charge in [-0.3, -0.25) is 4.79 Å². The molecule has 0 saturated carbocycles.